The highest BCUT2D eigenvalue weighted by atomic mass is 16.3. The predicted molar refractivity (Wildman–Crippen MR) is 179 cm³/mol. The van der Waals surface area contributed by atoms with Crippen molar-refractivity contribution in [3.05, 3.63) is 152 Å². The first-order chi connectivity index (χ1) is 21.3. The molecule has 0 spiro atoms. The largest absolute Gasteiger partial charge is 0.456 e. The van der Waals surface area contributed by atoms with Crippen LogP contribution in [-0.2, 0) is 0 Å². The summed E-state index contributed by atoms with van der Waals surface area (Å²) in [4.78, 5) is 2.33. The number of para-hydroxylation sites is 2. The van der Waals surface area contributed by atoms with E-state index in [1.807, 2.05) is 30.3 Å². The average molecular weight is 552 g/mol. The standard InChI is InChI=1S/C40H25NO2/c1-3-11-26(12-4-1)27-19-21-29(22-20-27)41(28-13-5-2-6-14-28)33-25-37-38(31-16-8-7-15-30(31)33)40-36(43-37)24-23-35-39(40)32-17-9-10-18-34(32)42-35/h1-25H. The van der Waals surface area contributed by atoms with Gasteiger partial charge < -0.3 is 13.7 Å². The minimum absolute atomic E-state index is 0.850. The molecule has 43 heavy (non-hydrogen) atoms. The van der Waals surface area contributed by atoms with Crippen LogP contribution >= 0.6 is 0 Å². The molecule has 0 radical (unpaired) electrons. The molecule has 0 saturated carbocycles. The number of anilines is 3. The number of hydrogen-bond donors (Lipinski definition) is 0. The summed E-state index contributed by atoms with van der Waals surface area (Å²) in [5.41, 5.74) is 9.07. The number of furan rings is 2. The lowest BCUT2D eigenvalue weighted by molar-refractivity contribution is 0.663. The Hall–Kier alpha value is -5.80. The molecule has 3 heteroatoms. The Morgan fingerprint density at radius 1 is 0.349 bits per heavy atom. The van der Waals surface area contributed by atoms with E-state index in [0.29, 0.717) is 0 Å². The van der Waals surface area contributed by atoms with Crippen molar-refractivity contribution in [2.45, 2.75) is 0 Å². The van der Waals surface area contributed by atoms with Crippen LogP contribution in [0.1, 0.15) is 0 Å². The van der Waals surface area contributed by atoms with E-state index in [1.165, 1.54) is 11.1 Å². The quantitative estimate of drug-likeness (QED) is 0.218. The van der Waals surface area contributed by atoms with Crippen molar-refractivity contribution in [3.8, 4) is 11.1 Å². The molecular formula is C40H25NO2. The highest BCUT2D eigenvalue weighted by molar-refractivity contribution is 6.32. The van der Waals surface area contributed by atoms with Crippen molar-refractivity contribution in [3.63, 3.8) is 0 Å². The Morgan fingerprint density at radius 2 is 0.884 bits per heavy atom. The average Bonchev–Trinajstić information content (AvgIpc) is 3.64. The molecule has 9 aromatic rings. The van der Waals surface area contributed by atoms with E-state index in [9.17, 15) is 0 Å². The third-order valence-electron chi connectivity index (χ3n) is 8.45. The van der Waals surface area contributed by atoms with E-state index in [2.05, 4.69) is 126 Å². The van der Waals surface area contributed by atoms with Crippen molar-refractivity contribution in [1.82, 2.24) is 0 Å². The zero-order chi connectivity index (χ0) is 28.3. The molecule has 0 amide bonds. The van der Waals surface area contributed by atoms with Gasteiger partial charge >= 0.3 is 0 Å². The van der Waals surface area contributed by atoms with Gasteiger partial charge in [-0.05, 0) is 59.0 Å². The molecular weight excluding hydrogens is 526 g/mol. The number of benzene rings is 7. The van der Waals surface area contributed by atoms with Gasteiger partial charge in [0, 0.05) is 44.4 Å². The van der Waals surface area contributed by atoms with Gasteiger partial charge in [-0.2, -0.15) is 0 Å². The lowest BCUT2D eigenvalue weighted by Crippen LogP contribution is -2.10. The van der Waals surface area contributed by atoms with Crippen molar-refractivity contribution in [2.24, 2.45) is 0 Å². The van der Waals surface area contributed by atoms with Crippen molar-refractivity contribution in [2.75, 3.05) is 4.90 Å². The predicted octanol–water partition coefficient (Wildman–Crippen LogP) is 11.8. The maximum Gasteiger partial charge on any atom is 0.138 e. The maximum atomic E-state index is 6.66. The summed E-state index contributed by atoms with van der Waals surface area (Å²) in [7, 11) is 0. The maximum absolute atomic E-state index is 6.66. The summed E-state index contributed by atoms with van der Waals surface area (Å²) < 4.78 is 12.9. The van der Waals surface area contributed by atoms with Gasteiger partial charge in [-0.15, -0.1) is 0 Å². The molecule has 0 aliphatic rings. The molecule has 0 N–H and O–H groups in total. The fourth-order valence-corrected chi connectivity index (χ4v) is 6.54. The van der Waals surface area contributed by atoms with Crippen LogP contribution in [-0.4, -0.2) is 0 Å². The van der Waals surface area contributed by atoms with Gasteiger partial charge in [-0.25, -0.2) is 0 Å². The molecule has 3 nitrogen and oxygen atoms in total. The first kappa shape index (κ1) is 23.9. The molecule has 202 valence electrons. The molecule has 0 unspecified atom stereocenters. The lowest BCUT2D eigenvalue weighted by atomic mass is 9.98. The van der Waals surface area contributed by atoms with Crippen LogP contribution in [0.5, 0.6) is 0 Å². The van der Waals surface area contributed by atoms with Crippen LogP contribution in [0.25, 0.3) is 65.8 Å². The third kappa shape index (κ3) is 3.68. The highest BCUT2D eigenvalue weighted by Crippen LogP contribution is 2.47. The Balaban J connectivity index is 1.33. The van der Waals surface area contributed by atoms with Gasteiger partial charge in [0.2, 0.25) is 0 Å². The van der Waals surface area contributed by atoms with E-state index >= 15 is 0 Å². The van der Waals surface area contributed by atoms with Crippen LogP contribution in [0, 0.1) is 0 Å². The molecule has 7 aromatic carbocycles. The minimum atomic E-state index is 0.850. The molecule has 0 bridgehead atoms. The number of nitrogens with zero attached hydrogens (tertiary/aromatic N) is 1. The topological polar surface area (TPSA) is 29.5 Å². The summed E-state index contributed by atoms with van der Waals surface area (Å²) in [6, 6.07) is 53.0. The SMILES string of the molecule is c1ccc(-c2ccc(N(c3ccccc3)c3cc4oc5ccc6oc7ccccc7c6c5c4c4ccccc34)cc2)cc1. The normalized spacial score (nSPS) is 11.7. The van der Waals surface area contributed by atoms with E-state index in [4.69, 9.17) is 8.83 Å². The smallest absolute Gasteiger partial charge is 0.138 e. The zero-order valence-corrected chi connectivity index (χ0v) is 23.2. The van der Waals surface area contributed by atoms with Gasteiger partial charge in [-0.1, -0.05) is 103 Å². The van der Waals surface area contributed by atoms with Crippen LogP contribution < -0.4 is 4.90 Å². The van der Waals surface area contributed by atoms with Crippen LogP contribution in [0.2, 0.25) is 0 Å². The van der Waals surface area contributed by atoms with Gasteiger partial charge in [0.15, 0.2) is 0 Å². The fraction of sp³-hybridized carbons (Fsp3) is 0. The molecule has 0 atom stereocenters. The van der Waals surface area contributed by atoms with Crippen LogP contribution in [0.4, 0.5) is 17.1 Å². The Kier molecular flexibility index (Phi) is 5.20. The number of fused-ring (bicyclic) bond motifs is 9. The monoisotopic (exact) mass is 551 g/mol. The Bertz CT molecular complexity index is 2440. The molecule has 2 aromatic heterocycles. The van der Waals surface area contributed by atoms with E-state index in [0.717, 1.165) is 71.7 Å². The first-order valence-electron chi connectivity index (χ1n) is 14.5. The summed E-state index contributed by atoms with van der Waals surface area (Å²) in [5, 5.41) is 6.70. The van der Waals surface area contributed by atoms with E-state index in [-0.39, 0.29) is 0 Å². The zero-order valence-electron chi connectivity index (χ0n) is 23.2. The second-order valence-corrected chi connectivity index (χ2v) is 10.9. The van der Waals surface area contributed by atoms with Gasteiger partial charge in [0.1, 0.15) is 22.3 Å². The molecule has 9 rings (SSSR count). The summed E-state index contributed by atoms with van der Waals surface area (Å²) >= 11 is 0. The molecule has 0 aliphatic carbocycles. The van der Waals surface area contributed by atoms with Crippen molar-refractivity contribution in [1.29, 1.82) is 0 Å². The van der Waals surface area contributed by atoms with Gasteiger partial charge in [-0.3, -0.25) is 0 Å². The van der Waals surface area contributed by atoms with Crippen molar-refractivity contribution >= 4 is 71.7 Å². The van der Waals surface area contributed by atoms with Crippen LogP contribution in [0.15, 0.2) is 160 Å². The van der Waals surface area contributed by atoms with E-state index < -0.39 is 0 Å². The van der Waals surface area contributed by atoms with Crippen molar-refractivity contribution < 1.29 is 8.83 Å². The Labute approximate surface area is 247 Å². The van der Waals surface area contributed by atoms with Crippen LogP contribution in [0.3, 0.4) is 0 Å². The highest BCUT2D eigenvalue weighted by Gasteiger charge is 2.22. The molecule has 0 fully saturated rings. The second kappa shape index (κ2) is 9.37. The number of rotatable bonds is 4. The molecule has 0 saturated heterocycles. The Morgan fingerprint density at radius 3 is 1.65 bits per heavy atom. The van der Waals surface area contributed by atoms with Gasteiger partial charge in [0.05, 0.1) is 5.69 Å². The summed E-state index contributed by atoms with van der Waals surface area (Å²) in [5.74, 6) is 0. The third-order valence-corrected chi connectivity index (χ3v) is 8.45. The van der Waals surface area contributed by atoms with Gasteiger partial charge in [0.25, 0.3) is 0 Å². The fourth-order valence-electron chi connectivity index (χ4n) is 6.54. The minimum Gasteiger partial charge on any atom is -0.456 e. The summed E-state index contributed by atoms with van der Waals surface area (Å²) in [6.45, 7) is 0. The molecule has 2 heterocycles. The second-order valence-electron chi connectivity index (χ2n) is 10.9. The summed E-state index contributed by atoms with van der Waals surface area (Å²) in [6.07, 6.45) is 0. The lowest BCUT2D eigenvalue weighted by Gasteiger charge is -2.27. The molecule has 0 aliphatic heterocycles. The first-order valence-corrected chi connectivity index (χ1v) is 14.5. The number of hydrogen-bond acceptors (Lipinski definition) is 3. The van der Waals surface area contributed by atoms with E-state index in [1.54, 1.807) is 0 Å².